The molecule has 26 rings (SSSR count). The van der Waals surface area contributed by atoms with Crippen LogP contribution in [-0.4, -0.2) is 39.5 Å². The first-order valence-electron chi connectivity index (χ1n) is 47.0. The van der Waals surface area contributed by atoms with Crippen LogP contribution in [0.4, 0.5) is 0 Å². The average Bonchev–Trinajstić information content (AvgIpc) is 1.56. The van der Waals surface area contributed by atoms with Crippen molar-refractivity contribution in [3.05, 3.63) is 523 Å². The Bertz CT molecular complexity index is 9040. The van der Waals surface area contributed by atoms with Crippen molar-refractivity contribution in [3.8, 4) is 162 Å². The highest BCUT2D eigenvalue weighted by Gasteiger charge is 2.25. The van der Waals surface area contributed by atoms with E-state index in [0.717, 1.165) is 84.3 Å². The van der Waals surface area contributed by atoms with Crippen molar-refractivity contribution in [2.75, 3.05) is 0 Å². The third kappa shape index (κ3) is 16.2. The molecule has 0 saturated carbocycles. The Labute approximate surface area is 805 Å². The topological polar surface area (TPSA) is 95.2 Å². The first-order valence-corrected chi connectivity index (χ1v) is 47.0. The largest absolute Gasteiger partial charge is 0.292 e. The monoisotopic (exact) mass is 1770 g/mol. The minimum Gasteiger partial charge on any atom is -0.292 e. The predicted molar refractivity (Wildman–Crippen MR) is 579 cm³/mol. The van der Waals surface area contributed by atoms with Gasteiger partial charge in [-0.2, -0.15) is 0 Å². The van der Waals surface area contributed by atoms with Crippen LogP contribution in [0.5, 0.6) is 0 Å². The van der Waals surface area contributed by atoms with Crippen LogP contribution in [0, 0.1) is 0 Å². The molecular weight excluding hydrogens is 1690 g/mol. The fourth-order valence-electron chi connectivity index (χ4n) is 20.2. The number of rotatable bonds is 15. The number of hydrogen-bond donors (Lipinski definition) is 0. The van der Waals surface area contributed by atoms with E-state index in [9.17, 15) is 0 Å². The third-order valence-electron chi connectivity index (χ3n) is 26.7. The van der Waals surface area contributed by atoms with Crippen molar-refractivity contribution in [2.24, 2.45) is 0 Å². The molecule has 0 amide bonds. The average molecular weight is 1770 g/mol. The first-order chi connectivity index (χ1) is 69.0. The zero-order chi connectivity index (χ0) is 92.3. The maximum Gasteiger partial charge on any atom is 0.145 e. The van der Waals surface area contributed by atoms with Gasteiger partial charge in [-0.15, -0.1) is 0 Å². The predicted octanol–water partition coefficient (Wildman–Crippen LogP) is 34.2. The summed E-state index contributed by atoms with van der Waals surface area (Å²) >= 11 is 0. The third-order valence-corrected chi connectivity index (χ3v) is 26.7. The van der Waals surface area contributed by atoms with Crippen molar-refractivity contribution in [3.63, 3.8) is 0 Å². The summed E-state index contributed by atoms with van der Waals surface area (Å²) in [5.41, 5.74) is 33.8. The number of para-hydroxylation sites is 3. The lowest BCUT2D eigenvalue weighted by atomic mass is 9.84. The van der Waals surface area contributed by atoms with Crippen molar-refractivity contribution in [1.82, 2.24) is 39.5 Å². The van der Waals surface area contributed by atoms with E-state index in [-0.39, 0.29) is 0 Å². The Kier molecular flexibility index (Phi) is 22.3. The van der Waals surface area contributed by atoms with Gasteiger partial charge in [0.05, 0.1) is 33.8 Å². The number of aromatic nitrogens is 8. The molecule has 0 aliphatic carbocycles. The fourth-order valence-corrected chi connectivity index (χ4v) is 20.2. The molecule has 0 N–H and O–H groups in total. The number of fused-ring (bicyclic) bond motifs is 8. The van der Waals surface area contributed by atoms with Gasteiger partial charge in [0.25, 0.3) is 0 Å². The van der Waals surface area contributed by atoms with Crippen molar-refractivity contribution >= 4 is 86.4 Å². The minimum atomic E-state index is 0.851. The summed E-state index contributed by atoms with van der Waals surface area (Å²) in [5.74, 6) is 0.935. The summed E-state index contributed by atoms with van der Waals surface area (Å²) in [6.45, 7) is 0. The lowest BCUT2D eigenvalue weighted by molar-refractivity contribution is 1.10. The maximum atomic E-state index is 5.10. The Morgan fingerprint density at radius 3 is 0.921 bits per heavy atom. The fraction of sp³-hybridized carbons (Fsp3) is 0. The normalized spacial score (nSPS) is 11.3. The molecule has 0 atom stereocenters. The van der Waals surface area contributed by atoms with Crippen molar-refractivity contribution in [1.29, 1.82) is 0 Å². The molecule has 26 aromatic rings. The summed E-state index contributed by atoms with van der Waals surface area (Å²) in [6, 6.07) is 169. The zero-order valence-corrected chi connectivity index (χ0v) is 75.7. The smallest absolute Gasteiger partial charge is 0.145 e. The molecule has 0 aliphatic heterocycles. The van der Waals surface area contributed by atoms with Crippen LogP contribution in [0.15, 0.2) is 523 Å². The van der Waals surface area contributed by atoms with Gasteiger partial charge >= 0.3 is 0 Å². The molecule has 7 heterocycles. The van der Waals surface area contributed by atoms with E-state index >= 15 is 0 Å². The van der Waals surface area contributed by atoms with Gasteiger partial charge in [-0.1, -0.05) is 352 Å². The highest BCUT2D eigenvalue weighted by molar-refractivity contribution is 6.25. The van der Waals surface area contributed by atoms with Gasteiger partial charge in [0.2, 0.25) is 0 Å². The molecule has 8 nitrogen and oxygen atoms in total. The molecule has 650 valence electrons. The van der Waals surface area contributed by atoms with Crippen molar-refractivity contribution < 1.29 is 0 Å². The van der Waals surface area contributed by atoms with Crippen LogP contribution in [0.25, 0.3) is 249 Å². The number of nitrogens with zero attached hydrogens (tertiary/aromatic N) is 8. The van der Waals surface area contributed by atoms with E-state index in [4.69, 9.17) is 15.0 Å². The van der Waals surface area contributed by atoms with Crippen LogP contribution in [0.2, 0.25) is 0 Å². The van der Waals surface area contributed by atoms with Gasteiger partial charge in [0, 0.05) is 72.0 Å². The van der Waals surface area contributed by atoms with E-state index in [1.165, 1.54) is 164 Å². The molecule has 0 aliphatic rings. The number of hydrogen-bond acceptors (Lipinski definition) is 7. The lowest BCUT2D eigenvalue weighted by Crippen LogP contribution is -1.97. The van der Waals surface area contributed by atoms with Gasteiger partial charge < -0.3 is 0 Å². The number of benzene rings is 19. The van der Waals surface area contributed by atoms with E-state index in [0.29, 0.717) is 0 Å². The molecule has 7 aromatic heterocycles. The second kappa shape index (κ2) is 37.1. The Morgan fingerprint density at radius 2 is 0.468 bits per heavy atom. The molecular formula is C131H86N8. The van der Waals surface area contributed by atoms with Crippen LogP contribution in [0.3, 0.4) is 0 Å². The standard InChI is InChI=1S/C49H32N2.C42H28N2.C40H26N4/c1-3-14-35(15-4-1)47-41-19-9-10-20-42(41)48(39-28-25-33-13-7-8-16-37(33)31-39)43-30-29-38(32-44(43)47)34-23-26-36(27-24-34)49-50-45-21-11-12-22-46(45)51(49)40-17-5-2-6-18-40;1-2-8-29(9-3-1)34-16-17-39-40(28-34)42(36-13-7-11-33(27-36)31-20-24-44-25-21-31)38-15-5-4-14-37(38)41(39)35-12-6-10-32(26-35)30-18-22-43-23-19-30;1-2-10-27(11-3-1)28-16-19-33-34(24-28)40(30-18-21-38(44-26-30)36-15-7-9-23-42-36)32-13-5-4-12-31(32)39(33)29-17-20-37(43-25-29)35-14-6-8-22-41-35/h1-32H;1-28H;1-26H. The van der Waals surface area contributed by atoms with Gasteiger partial charge in [0.15, 0.2) is 0 Å². The quantitative estimate of drug-likeness (QED) is 0.0944. The Hall–Kier alpha value is -18.6. The molecule has 0 radical (unpaired) electrons. The summed E-state index contributed by atoms with van der Waals surface area (Å²) in [5, 5.41) is 17.1. The maximum absolute atomic E-state index is 5.10. The molecule has 0 spiro atoms. The summed E-state index contributed by atoms with van der Waals surface area (Å²) in [7, 11) is 0. The highest BCUT2D eigenvalue weighted by Crippen LogP contribution is 2.51. The minimum absolute atomic E-state index is 0.851. The van der Waals surface area contributed by atoms with Crippen LogP contribution in [0.1, 0.15) is 0 Å². The van der Waals surface area contributed by atoms with E-state index in [2.05, 4.69) is 461 Å². The molecule has 0 bridgehead atoms. The van der Waals surface area contributed by atoms with Crippen LogP contribution >= 0.6 is 0 Å². The second-order valence-electron chi connectivity index (χ2n) is 34.9. The van der Waals surface area contributed by atoms with Gasteiger partial charge in [0.1, 0.15) is 5.82 Å². The number of imidazole rings is 1. The van der Waals surface area contributed by atoms with Crippen molar-refractivity contribution in [2.45, 2.75) is 0 Å². The molecule has 0 unspecified atom stereocenters. The van der Waals surface area contributed by atoms with Gasteiger partial charge in [-0.05, 0) is 308 Å². The van der Waals surface area contributed by atoms with Gasteiger partial charge in [-0.25, -0.2) is 4.98 Å². The summed E-state index contributed by atoms with van der Waals surface area (Å²) in [4.78, 5) is 32.2. The van der Waals surface area contributed by atoms with E-state index in [1.807, 2.05) is 73.6 Å². The van der Waals surface area contributed by atoms with Gasteiger partial charge in [-0.3, -0.25) is 34.5 Å². The van der Waals surface area contributed by atoms with E-state index < -0.39 is 0 Å². The molecule has 0 fully saturated rings. The molecule has 19 aromatic carbocycles. The second-order valence-corrected chi connectivity index (χ2v) is 34.9. The number of pyridine rings is 6. The molecule has 8 heteroatoms. The lowest BCUT2D eigenvalue weighted by Gasteiger charge is -2.19. The molecule has 0 saturated heterocycles. The Balaban J connectivity index is 0.000000114. The first kappa shape index (κ1) is 83.4. The highest BCUT2D eigenvalue weighted by atomic mass is 15.1. The summed E-state index contributed by atoms with van der Waals surface area (Å²) < 4.78 is 2.26. The zero-order valence-electron chi connectivity index (χ0n) is 75.7. The SMILES string of the molecule is c1ccc(-c2c3ccccc3c(-c3ccc4ccccc4c3)c3ccc(-c4ccc(-c5nc6ccccc6n5-c5ccccc5)cc4)cc23)cc1.c1ccc(-c2ccc3c(-c4ccc(-c5ccccn5)nc4)c4ccccc4c(-c4ccc(-c5ccccn5)nc4)c3c2)cc1.c1ccc(-c2ccc3c(-c4cccc(-c5ccncc5)c4)c4ccccc4c(-c4cccc(-c5ccncc5)c4)c3c2)cc1. The Morgan fingerprint density at radius 1 is 0.158 bits per heavy atom. The summed E-state index contributed by atoms with van der Waals surface area (Å²) in [6.07, 6.45) is 15.0. The van der Waals surface area contributed by atoms with E-state index in [1.54, 1.807) is 12.4 Å². The van der Waals surface area contributed by atoms with Crippen LogP contribution < -0.4 is 0 Å². The van der Waals surface area contributed by atoms with Crippen LogP contribution in [-0.2, 0) is 0 Å². The molecule has 139 heavy (non-hydrogen) atoms.